The molecule has 1 aliphatic heterocycles. The van der Waals surface area contributed by atoms with Crippen LogP contribution >= 0.6 is 0 Å². The lowest BCUT2D eigenvalue weighted by Crippen LogP contribution is -2.59. The smallest absolute Gasteiger partial charge is 0.267 e. The van der Waals surface area contributed by atoms with Gasteiger partial charge in [-0.25, -0.2) is 5.84 Å². The van der Waals surface area contributed by atoms with E-state index in [1.54, 1.807) is 0 Å². The van der Waals surface area contributed by atoms with Gasteiger partial charge in [0, 0.05) is 0 Å². The molecular formula is C3H6N2O2. The lowest BCUT2D eigenvalue weighted by atomic mass is 10.2. The van der Waals surface area contributed by atoms with E-state index in [9.17, 15) is 4.79 Å². The summed E-state index contributed by atoms with van der Waals surface area (Å²) in [5.41, 5.74) is 0. The molecule has 3 N–H and O–H groups in total. The van der Waals surface area contributed by atoms with Crippen molar-refractivity contribution in [2.24, 2.45) is 5.84 Å². The summed E-state index contributed by atoms with van der Waals surface area (Å²) in [6.45, 7) is 0.277. The quantitative estimate of drug-likeness (QED) is 0.212. The van der Waals surface area contributed by atoms with E-state index in [1.807, 2.05) is 0 Å². The van der Waals surface area contributed by atoms with Crippen LogP contribution in [0.4, 0.5) is 0 Å². The highest BCUT2D eigenvalue weighted by molar-refractivity contribution is 5.85. The third-order valence-corrected chi connectivity index (χ3v) is 0.938. The zero-order valence-electron chi connectivity index (χ0n) is 3.66. The van der Waals surface area contributed by atoms with Crippen molar-refractivity contribution in [1.82, 2.24) is 5.01 Å². The Labute approximate surface area is 40.5 Å². The average Bonchev–Trinajstić information content (AvgIpc) is 1.68. The minimum Gasteiger partial charge on any atom is -0.381 e. The summed E-state index contributed by atoms with van der Waals surface area (Å²) < 4.78 is 0. The van der Waals surface area contributed by atoms with Gasteiger partial charge in [-0.3, -0.25) is 9.80 Å². The first kappa shape index (κ1) is 4.55. The molecule has 0 aromatic rings. The van der Waals surface area contributed by atoms with Crippen LogP contribution in [0.1, 0.15) is 0 Å². The van der Waals surface area contributed by atoms with Crippen LogP contribution in [0, 0.1) is 0 Å². The second kappa shape index (κ2) is 1.18. The Balaban J connectivity index is 2.44. The van der Waals surface area contributed by atoms with E-state index in [0.29, 0.717) is 0 Å². The molecule has 0 radical (unpaired) electrons. The van der Waals surface area contributed by atoms with E-state index in [4.69, 9.17) is 10.9 Å². The number of aliphatic hydroxyl groups is 1. The monoisotopic (exact) mass is 102 g/mol. The summed E-state index contributed by atoms with van der Waals surface area (Å²) in [6, 6.07) is 0. The lowest BCUT2D eigenvalue weighted by Gasteiger charge is -2.29. The van der Waals surface area contributed by atoms with E-state index in [1.165, 1.54) is 0 Å². The van der Waals surface area contributed by atoms with Crippen molar-refractivity contribution in [1.29, 1.82) is 0 Å². The fourth-order valence-electron chi connectivity index (χ4n) is 0.433. The van der Waals surface area contributed by atoms with Gasteiger partial charge in [0.15, 0.2) is 6.10 Å². The Morgan fingerprint density at radius 3 is 2.57 bits per heavy atom. The molecule has 0 aromatic heterocycles. The van der Waals surface area contributed by atoms with Crippen molar-refractivity contribution in [3.05, 3.63) is 0 Å². The largest absolute Gasteiger partial charge is 0.381 e. The third-order valence-electron chi connectivity index (χ3n) is 0.938. The number of β-amino-alcohol motifs (C(OH)–C–C–N with tert-alkyl or cyclic N) is 1. The zero-order chi connectivity index (χ0) is 5.44. The molecular weight excluding hydrogens is 96.0 g/mol. The van der Waals surface area contributed by atoms with Crippen molar-refractivity contribution in [3.8, 4) is 0 Å². The maximum atomic E-state index is 10.1. The maximum Gasteiger partial charge on any atom is 0.267 e. The molecule has 0 spiro atoms. The molecule has 1 rings (SSSR count). The fraction of sp³-hybridized carbons (Fsp3) is 0.667. The molecule has 0 unspecified atom stereocenters. The number of hydrazine groups is 1. The van der Waals surface area contributed by atoms with Gasteiger partial charge < -0.3 is 5.11 Å². The minimum atomic E-state index is -0.829. The van der Waals surface area contributed by atoms with Crippen LogP contribution in [-0.2, 0) is 4.79 Å². The van der Waals surface area contributed by atoms with Crippen LogP contribution in [0.3, 0.4) is 0 Å². The average molecular weight is 102 g/mol. The Kier molecular flexibility index (Phi) is 0.765. The summed E-state index contributed by atoms with van der Waals surface area (Å²) >= 11 is 0. The number of carbonyl (C=O) groups is 1. The van der Waals surface area contributed by atoms with E-state index in [2.05, 4.69) is 0 Å². The predicted molar refractivity (Wildman–Crippen MR) is 21.9 cm³/mol. The number of rotatable bonds is 0. The molecule has 1 aliphatic rings. The van der Waals surface area contributed by atoms with Crippen LogP contribution in [0.15, 0.2) is 0 Å². The molecule has 0 aliphatic carbocycles. The molecule has 4 nitrogen and oxygen atoms in total. The molecule has 4 heteroatoms. The minimum absolute atomic E-state index is 0.277. The molecule has 1 heterocycles. The van der Waals surface area contributed by atoms with Crippen molar-refractivity contribution < 1.29 is 9.90 Å². The number of hydrogen-bond acceptors (Lipinski definition) is 3. The van der Waals surface area contributed by atoms with Crippen LogP contribution < -0.4 is 5.84 Å². The van der Waals surface area contributed by atoms with E-state index in [-0.39, 0.29) is 12.5 Å². The Morgan fingerprint density at radius 2 is 2.57 bits per heavy atom. The summed E-state index contributed by atoms with van der Waals surface area (Å²) in [4.78, 5) is 10.1. The normalized spacial score (nSPS) is 30.3. The SMILES string of the molecule is NN1C[C@H](O)C1=O. The van der Waals surface area contributed by atoms with Crippen LogP contribution in [0.25, 0.3) is 0 Å². The standard InChI is InChI=1S/C3H6N2O2/c4-5-1-2(6)3(5)7/h2,6H,1,4H2/t2-/m0/s1. The highest BCUT2D eigenvalue weighted by Crippen LogP contribution is 2.01. The predicted octanol–water partition coefficient (Wildman–Crippen LogP) is -1.94. The molecule has 40 valence electrons. The van der Waals surface area contributed by atoms with Crippen molar-refractivity contribution in [2.75, 3.05) is 6.54 Å². The second-order valence-electron chi connectivity index (χ2n) is 1.51. The summed E-state index contributed by atoms with van der Waals surface area (Å²) in [6.07, 6.45) is -0.829. The van der Waals surface area contributed by atoms with Gasteiger partial charge in [-0.1, -0.05) is 0 Å². The topological polar surface area (TPSA) is 66.6 Å². The van der Waals surface area contributed by atoms with Gasteiger partial charge >= 0.3 is 0 Å². The van der Waals surface area contributed by atoms with Gasteiger partial charge in [0.05, 0.1) is 6.54 Å². The first-order valence-corrected chi connectivity index (χ1v) is 1.96. The maximum absolute atomic E-state index is 10.1. The molecule has 1 fully saturated rings. The summed E-state index contributed by atoms with van der Waals surface area (Å²) in [7, 11) is 0. The first-order valence-electron chi connectivity index (χ1n) is 1.96. The molecule has 0 saturated carbocycles. The van der Waals surface area contributed by atoms with Crippen LogP contribution in [0.2, 0.25) is 0 Å². The number of nitrogens with two attached hydrogens (primary N) is 1. The molecule has 1 saturated heterocycles. The second-order valence-corrected chi connectivity index (χ2v) is 1.51. The Bertz CT molecular complexity index is 93.1. The summed E-state index contributed by atoms with van der Waals surface area (Å²) in [5, 5.41) is 9.39. The van der Waals surface area contributed by atoms with E-state index in [0.717, 1.165) is 5.01 Å². The molecule has 7 heavy (non-hydrogen) atoms. The number of hydrogen-bond donors (Lipinski definition) is 2. The first-order chi connectivity index (χ1) is 3.22. The Hall–Kier alpha value is -0.610. The van der Waals surface area contributed by atoms with Gasteiger partial charge in [0.2, 0.25) is 0 Å². The van der Waals surface area contributed by atoms with Crippen LogP contribution in [-0.4, -0.2) is 28.7 Å². The number of aliphatic hydroxyl groups excluding tert-OH is 1. The molecule has 1 amide bonds. The van der Waals surface area contributed by atoms with Gasteiger partial charge in [-0.05, 0) is 0 Å². The highest BCUT2D eigenvalue weighted by atomic mass is 16.3. The van der Waals surface area contributed by atoms with E-state index >= 15 is 0 Å². The van der Waals surface area contributed by atoms with Gasteiger partial charge in [-0.2, -0.15) is 0 Å². The number of amides is 1. The zero-order valence-corrected chi connectivity index (χ0v) is 3.66. The number of β-lactam (4-membered cyclic amide) rings is 1. The highest BCUT2D eigenvalue weighted by Gasteiger charge is 2.32. The lowest BCUT2D eigenvalue weighted by molar-refractivity contribution is -0.156. The fourth-order valence-corrected chi connectivity index (χ4v) is 0.433. The Morgan fingerprint density at radius 1 is 2.00 bits per heavy atom. The van der Waals surface area contributed by atoms with E-state index < -0.39 is 6.10 Å². The number of carbonyl (C=O) groups excluding carboxylic acids is 1. The van der Waals surface area contributed by atoms with Crippen molar-refractivity contribution >= 4 is 5.91 Å². The van der Waals surface area contributed by atoms with Crippen LogP contribution in [0.5, 0.6) is 0 Å². The van der Waals surface area contributed by atoms with Gasteiger partial charge in [-0.15, -0.1) is 0 Å². The third kappa shape index (κ3) is 0.477. The van der Waals surface area contributed by atoms with Gasteiger partial charge in [0.1, 0.15) is 0 Å². The number of nitrogens with zero attached hydrogens (tertiary/aromatic N) is 1. The van der Waals surface area contributed by atoms with Crippen molar-refractivity contribution in [3.63, 3.8) is 0 Å². The van der Waals surface area contributed by atoms with Gasteiger partial charge in [0.25, 0.3) is 5.91 Å². The van der Waals surface area contributed by atoms with Crippen molar-refractivity contribution in [2.45, 2.75) is 6.10 Å². The molecule has 0 bridgehead atoms. The molecule has 1 atom stereocenters. The summed E-state index contributed by atoms with van der Waals surface area (Å²) in [5.74, 6) is 4.55. The molecule has 0 aromatic carbocycles.